The minimum absolute atomic E-state index is 0.257. The molecule has 0 aliphatic carbocycles. The Labute approximate surface area is 111 Å². The highest BCUT2D eigenvalue weighted by Gasteiger charge is 2.12. The van der Waals surface area contributed by atoms with Crippen LogP contribution in [0.3, 0.4) is 0 Å². The molecule has 1 aromatic rings. The van der Waals surface area contributed by atoms with Gasteiger partial charge in [-0.1, -0.05) is 43.0 Å². The molecule has 94 valence electrons. The summed E-state index contributed by atoms with van der Waals surface area (Å²) in [6.45, 7) is 2.49. The first kappa shape index (κ1) is 14.1. The van der Waals surface area contributed by atoms with Crippen LogP contribution in [0.25, 0.3) is 0 Å². The van der Waals surface area contributed by atoms with E-state index in [9.17, 15) is 4.79 Å². The van der Waals surface area contributed by atoms with Crippen molar-refractivity contribution in [2.24, 2.45) is 0 Å². The summed E-state index contributed by atoms with van der Waals surface area (Å²) in [5, 5.41) is 0.515. The summed E-state index contributed by atoms with van der Waals surface area (Å²) in [4.78, 5) is 11.6. The predicted octanol–water partition coefficient (Wildman–Crippen LogP) is 3.92. The number of nitrogens with two attached hydrogens (primary N) is 1. The number of nitrogen functional groups attached to an aromatic ring is 1. The minimum Gasteiger partial charge on any atom is -0.462 e. The number of benzene rings is 1. The highest BCUT2D eigenvalue weighted by molar-refractivity contribution is 6.43. The Balaban J connectivity index is 2.63. The van der Waals surface area contributed by atoms with E-state index in [2.05, 4.69) is 6.92 Å². The number of carbonyl (C=O) groups is 1. The number of unbranched alkanes of at least 4 members (excludes halogenated alkanes) is 2. The molecule has 0 aliphatic heterocycles. The van der Waals surface area contributed by atoms with Crippen LogP contribution in [0.5, 0.6) is 0 Å². The first-order valence-corrected chi connectivity index (χ1v) is 6.23. The van der Waals surface area contributed by atoms with Gasteiger partial charge in [-0.15, -0.1) is 0 Å². The van der Waals surface area contributed by atoms with Crippen LogP contribution in [0.1, 0.15) is 36.5 Å². The van der Waals surface area contributed by atoms with Crippen LogP contribution in [-0.4, -0.2) is 12.6 Å². The largest absolute Gasteiger partial charge is 0.462 e. The third-order valence-electron chi connectivity index (χ3n) is 2.27. The van der Waals surface area contributed by atoms with E-state index < -0.39 is 5.97 Å². The van der Waals surface area contributed by atoms with Crippen molar-refractivity contribution >= 4 is 34.9 Å². The van der Waals surface area contributed by atoms with E-state index in [0.29, 0.717) is 12.2 Å². The van der Waals surface area contributed by atoms with Gasteiger partial charge in [0.2, 0.25) is 0 Å². The topological polar surface area (TPSA) is 52.3 Å². The second-order valence-electron chi connectivity index (χ2n) is 3.70. The first-order chi connectivity index (χ1) is 8.06. The van der Waals surface area contributed by atoms with Gasteiger partial charge in [0.15, 0.2) is 0 Å². The van der Waals surface area contributed by atoms with E-state index in [1.807, 2.05) is 0 Å². The molecule has 0 aromatic heterocycles. The molecule has 0 heterocycles. The normalized spacial score (nSPS) is 10.3. The second-order valence-corrected chi connectivity index (χ2v) is 4.49. The molecule has 0 atom stereocenters. The van der Waals surface area contributed by atoms with Gasteiger partial charge in [0.25, 0.3) is 0 Å². The lowest BCUT2D eigenvalue weighted by Crippen LogP contribution is -2.07. The van der Waals surface area contributed by atoms with Gasteiger partial charge < -0.3 is 10.5 Å². The molecule has 2 N–H and O–H groups in total. The first-order valence-electron chi connectivity index (χ1n) is 5.48. The molecule has 0 amide bonds. The molecule has 0 saturated heterocycles. The molecule has 0 unspecified atom stereocenters. The summed E-state index contributed by atoms with van der Waals surface area (Å²) in [5.41, 5.74) is 6.22. The average Bonchev–Trinajstić information content (AvgIpc) is 2.30. The summed E-state index contributed by atoms with van der Waals surface area (Å²) >= 11 is 11.6. The van der Waals surface area contributed by atoms with Crippen molar-refractivity contribution in [3.05, 3.63) is 27.7 Å². The summed E-state index contributed by atoms with van der Waals surface area (Å²) in [6, 6.07) is 2.93. The highest BCUT2D eigenvalue weighted by atomic mass is 35.5. The van der Waals surface area contributed by atoms with Crippen molar-refractivity contribution in [2.45, 2.75) is 26.2 Å². The molecule has 1 rings (SSSR count). The summed E-state index contributed by atoms with van der Waals surface area (Å²) in [6.07, 6.45) is 2.98. The van der Waals surface area contributed by atoms with E-state index in [1.165, 1.54) is 12.1 Å². The lowest BCUT2D eigenvalue weighted by atomic mass is 10.2. The Morgan fingerprint density at radius 2 is 2.06 bits per heavy atom. The van der Waals surface area contributed by atoms with Crippen LogP contribution in [0, 0.1) is 0 Å². The SMILES string of the molecule is CCCCCOC(=O)c1cc(N)c(Cl)c(Cl)c1. The summed E-state index contributed by atoms with van der Waals surface area (Å²) in [7, 11) is 0. The van der Waals surface area contributed by atoms with Gasteiger partial charge in [0.05, 0.1) is 27.9 Å². The number of rotatable bonds is 5. The van der Waals surface area contributed by atoms with Crippen molar-refractivity contribution in [1.82, 2.24) is 0 Å². The molecule has 0 spiro atoms. The van der Waals surface area contributed by atoms with E-state index >= 15 is 0 Å². The Bertz CT molecular complexity index is 384. The molecular weight excluding hydrogens is 261 g/mol. The molecule has 0 radical (unpaired) electrons. The van der Waals surface area contributed by atoms with Gasteiger partial charge in [-0.05, 0) is 18.6 Å². The van der Waals surface area contributed by atoms with Crippen molar-refractivity contribution in [3.8, 4) is 0 Å². The van der Waals surface area contributed by atoms with Crippen LogP contribution in [0.4, 0.5) is 5.69 Å². The maximum Gasteiger partial charge on any atom is 0.338 e. The number of hydrogen-bond acceptors (Lipinski definition) is 3. The second kappa shape index (κ2) is 6.72. The van der Waals surface area contributed by atoms with Crippen LogP contribution in [0.2, 0.25) is 10.0 Å². The number of carbonyl (C=O) groups excluding carboxylic acids is 1. The maximum absolute atomic E-state index is 11.6. The maximum atomic E-state index is 11.6. The van der Waals surface area contributed by atoms with Crippen molar-refractivity contribution in [3.63, 3.8) is 0 Å². The third kappa shape index (κ3) is 4.10. The number of hydrogen-bond donors (Lipinski definition) is 1. The van der Waals surface area contributed by atoms with Gasteiger partial charge >= 0.3 is 5.97 Å². The zero-order valence-electron chi connectivity index (χ0n) is 9.63. The lowest BCUT2D eigenvalue weighted by molar-refractivity contribution is 0.0498. The Kier molecular flexibility index (Phi) is 5.59. The fourth-order valence-electron chi connectivity index (χ4n) is 1.33. The molecule has 0 aliphatic rings. The molecular formula is C12H15Cl2NO2. The van der Waals surface area contributed by atoms with Crippen LogP contribution >= 0.6 is 23.2 Å². The Hall–Kier alpha value is -0.930. The third-order valence-corrected chi connectivity index (χ3v) is 3.09. The highest BCUT2D eigenvalue weighted by Crippen LogP contribution is 2.29. The number of halogens is 2. The van der Waals surface area contributed by atoms with Gasteiger partial charge in [0, 0.05) is 0 Å². The molecule has 1 aromatic carbocycles. The number of anilines is 1. The Morgan fingerprint density at radius 1 is 1.35 bits per heavy atom. The van der Waals surface area contributed by atoms with Crippen molar-refractivity contribution in [2.75, 3.05) is 12.3 Å². The average molecular weight is 276 g/mol. The van der Waals surface area contributed by atoms with Gasteiger partial charge in [-0.3, -0.25) is 0 Å². The number of ether oxygens (including phenoxy) is 1. The lowest BCUT2D eigenvalue weighted by Gasteiger charge is -2.07. The molecule has 0 saturated carbocycles. The monoisotopic (exact) mass is 275 g/mol. The summed E-state index contributed by atoms with van der Waals surface area (Å²) < 4.78 is 5.08. The molecule has 17 heavy (non-hydrogen) atoms. The van der Waals surface area contributed by atoms with E-state index in [0.717, 1.165) is 19.3 Å². The van der Waals surface area contributed by atoms with E-state index in [-0.39, 0.29) is 15.7 Å². The van der Waals surface area contributed by atoms with E-state index in [4.69, 9.17) is 33.7 Å². The van der Waals surface area contributed by atoms with Crippen molar-refractivity contribution in [1.29, 1.82) is 0 Å². The fourth-order valence-corrected chi connectivity index (χ4v) is 1.66. The number of esters is 1. The Morgan fingerprint density at radius 3 is 2.65 bits per heavy atom. The van der Waals surface area contributed by atoms with Gasteiger partial charge in [-0.25, -0.2) is 4.79 Å². The van der Waals surface area contributed by atoms with Gasteiger partial charge in [-0.2, -0.15) is 0 Å². The quantitative estimate of drug-likeness (QED) is 0.503. The predicted molar refractivity (Wildman–Crippen MR) is 70.7 cm³/mol. The van der Waals surface area contributed by atoms with Crippen molar-refractivity contribution < 1.29 is 9.53 Å². The van der Waals surface area contributed by atoms with Gasteiger partial charge in [0.1, 0.15) is 0 Å². The smallest absolute Gasteiger partial charge is 0.338 e. The van der Waals surface area contributed by atoms with Crippen LogP contribution in [0.15, 0.2) is 12.1 Å². The molecule has 0 bridgehead atoms. The fraction of sp³-hybridized carbons (Fsp3) is 0.417. The molecule has 3 nitrogen and oxygen atoms in total. The van der Waals surface area contributed by atoms with Crippen LogP contribution < -0.4 is 5.73 Å². The van der Waals surface area contributed by atoms with Crippen LogP contribution in [-0.2, 0) is 4.74 Å². The zero-order chi connectivity index (χ0) is 12.8. The zero-order valence-corrected chi connectivity index (χ0v) is 11.1. The minimum atomic E-state index is -0.425. The molecule has 0 fully saturated rings. The standard InChI is InChI=1S/C12H15Cl2NO2/c1-2-3-4-5-17-12(16)8-6-9(13)11(14)10(15)7-8/h6-7H,2-5,15H2,1H3. The molecule has 5 heteroatoms. The summed E-state index contributed by atoms with van der Waals surface area (Å²) in [5.74, 6) is -0.425. The van der Waals surface area contributed by atoms with E-state index in [1.54, 1.807) is 0 Å².